The zero-order valence-corrected chi connectivity index (χ0v) is 17.1. The standard InChI is InChI=1S/C19H22N4O3S2/c1-2-9-23-17(25)15-12-5-3-4-6-13(12)28-16(15)22-19(23)27-10-14(24)21-18(26)20-11-7-8-11/h2,11H,1,3-10H2,(H2,20,21,24,26). The van der Waals surface area contributed by atoms with Gasteiger partial charge in [0.2, 0.25) is 5.91 Å². The molecule has 28 heavy (non-hydrogen) atoms. The lowest BCUT2D eigenvalue weighted by Gasteiger charge is -2.12. The van der Waals surface area contributed by atoms with Crippen molar-refractivity contribution >= 4 is 45.3 Å². The Morgan fingerprint density at radius 1 is 1.32 bits per heavy atom. The van der Waals surface area contributed by atoms with Gasteiger partial charge in [0.05, 0.1) is 11.1 Å². The lowest BCUT2D eigenvalue weighted by molar-refractivity contribution is -0.117. The lowest BCUT2D eigenvalue weighted by atomic mass is 9.97. The number of rotatable bonds is 6. The van der Waals surface area contributed by atoms with E-state index < -0.39 is 11.9 Å². The summed E-state index contributed by atoms with van der Waals surface area (Å²) in [5.74, 6) is -0.397. The van der Waals surface area contributed by atoms with Crippen molar-refractivity contribution in [3.63, 3.8) is 0 Å². The predicted molar refractivity (Wildman–Crippen MR) is 111 cm³/mol. The van der Waals surface area contributed by atoms with Crippen LogP contribution in [0.5, 0.6) is 0 Å². The van der Waals surface area contributed by atoms with Gasteiger partial charge in [-0.2, -0.15) is 0 Å². The zero-order chi connectivity index (χ0) is 19.7. The van der Waals surface area contributed by atoms with E-state index in [0.29, 0.717) is 11.7 Å². The molecule has 1 saturated carbocycles. The third kappa shape index (κ3) is 4.00. The molecule has 2 aromatic heterocycles. The van der Waals surface area contributed by atoms with Crippen molar-refractivity contribution in [1.82, 2.24) is 20.2 Å². The summed E-state index contributed by atoms with van der Waals surface area (Å²) in [4.78, 5) is 43.6. The van der Waals surface area contributed by atoms with Crippen LogP contribution >= 0.6 is 23.1 Å². The average Bonchev–Trinajstić information content (AvgIpc) is 3.39. The Morgan fingerprint density at radius 3 is 2.86 bits per heavy atom. The first kappa shape index (κ1) is 19.2. The Labute approximate surface area is 170 Å². The minimum atomic E-state index is -0.467. The number of carbonyl (C=O) groups is 2. The summed E-state index contributed by atoms with van der Waals surface area (Å²) in [6.07, 6.45) is 7.73. The summed E-state index contributed by atoms with van der Waals surface area (Å²) in [5.41, 5.74) is 1.08. The van der Waals surface area contributed by atoms with Crippen LogP contribution in [0.15, 0.2) is 22.6 Å². The van der Waals surface area contributed by atoms with Gasteiger partial charge in [0.25, 0.3) is 5.56 Å². The number of urea groups is 1. The molecule has 7 nitrogen and oxygen atoms in total. The van der Waals surface area contributed by atoms with Crippen LogP contribution in [0, 0.1) is 0 Å². The van der Waals surface area contributed by atoms with E-state index in [0.717, 1.165) is 54.3 Å². The third-order valence-electron chi connectivity index (χ3n) is 4.85. The Hall–Kier alpha value is -2.13. The normalized spacial score (nSPS) is 15.9. The third-order valence-corrected chi connectivity index (χ3v) is 7.01. The van der Waals surface area contributed by atoms with Gasteiger partial charge in [-0.25, -0.2) is 9.78 Å². The summed E-state index contributed by atoms with van der Waals surface area (Å²) < 4.78 is 1.57. The fourth-order valence-corrected chi connectivity index (χ4v) is 5.47. The van der Waals surface area contributed by atoms with Crippen LogP contribution < -0.4 is 16.2 Å². The first-order valence-electron chi connectivity index (χ1n) is 9.46. The molecule has 2 N–H and O–H groups in total. The minimum Gasteiger partial charge on any atom is -0.335 e. The Morgan fingerprint density at radius 2 is 2.11 bits per heavy atom. The predicted octanol–water partition coefficient (Wildman–Crippen LogP) is 2.60. The Balaban J connectivity index is 1.56. The first-order valence-corrected chi connectivity index (χ1v) is 11.3. The molecule has 2 aliphatic rings. The first-order chi connectivity index (χ1) is 13.6. The second kappa shape index (κ2) is 8.08. The number of hydrogen-bond acceptors (Lipinski definition) is 6. The maximum absolute atomic E-state index is 13.1. The van der Waals surface area contributed by atoms with Gasteiger partial charge in [-0.15, -0.1) is 17.9 Å². The fraction of sp³-hybridized carbons (Fsp3) is 0.474. The van der Waals surface area contributed by atoms with E-state index in [4.69, 9.17) is 0 Å². The molecule has 0 aromatic carbocycles. The number of amides is 3. The number of nitrogens with one attached hydrogen (secondary N) is 2. The molecule has 2 heterocycles. The highest BCUT2D eigenvalue weighted by atomic mass is 32.2. The van der Waals surface area contributed by atoms with Crippen LogP contribution in [0.25, 0.3) is 10.2 Å². The largest absolute Gasteiger partial charge is 0.335 e. The van der Waals surface area contributed by atoms with Gasteiger partial charge in [-0.3, -0.25) is 19.5 Å². The maximum atomic E-state index is 13.1. The van der Waals surface area contributed by atoms with Gasteiger partial charge in [0, 0.05) is 17.5 Å². The molecule has 4 rings (SSSR count). The Kier molecular flexibility index (Phi) is 5.54. The van der Waals surface area contributed by atoms with Crippen LogP contribution in [0.1, 0.15) is 36.1 Å². The molecule has 0 radical (unpaired) electrons. The number of thiophene rings is 1. The number of fused-ring (bicyclic) bond motifs is 3. The zero-order valence-electron chi connectivity index (χ0n) is 15.5. The van der Waals surface area contributed by atoms with Crippen molar-refractivity contribution in [3.05, 3.63) is 33.4 Å². The minimum absolute atomic E-state index is 0.0122. The summed E-state index contributed by atoms with van der Waals surface area (Å²) >= 11 is 2.75. The molecule has 1 fully saturated rings. The van der Waals surface area contributed by atoms with Gasteiger partial charge in [-0.05, 0) is 44.1 Å². The lowest BCUT2D eigenvalue weighted by Crippen LogP contribution is -2.41. The molecule has 0 saturated heterocycles. The van der Waals surface area contributed by atoms with E-state index in [1.165, 1.54) is 16.6 Å². The molecule has 0 spiro atoms. The van der Waals surface area contributed by atoms with Crippen molar-refractivity contribution in [1.29, 1.82) is 0 Å². The van der Waals surface area contributed by atoms with Crippen LogP contribution in [0.4, 0.5) is 4.79 Å². The maximum Gasteiger partial charge on any atom is 0.321 e. The van der Waals surface area contributed by atoms with Crippen molar-refractivity contribution in [2.24, 2.45) is 0 Å². The second-order valence-corrected chi connectivity index (χ2v) is 9.10. The summed E-state index contributed by atoms with van der Waals surface area (Å²) in [6.45, 7) is 4.07. The van der Waals surface area contributed by atoms with Crippen LogP contribution in [0.3, 0.4) is 0 Å². The topological polar surface area (TPSA) is 93.1 Å². The Bertz CT molecular complexity index is 1010. The highest BCUT2D eigenvalue weighted by Crippen LogP contribution is 2.34. The van der Waals surface area contributed by atoms with Gasteiger partial charge in [-0.1, -0.05) is 17.8 Å². The number of allylic oxidation sites excluding steroid dienone is 1. The number of aromatic nitrogens is 2. The summed E-state index contributed by atoms with van der Waals surface area (Å²) in [7, 11) is 0. The fourth-order valence-electron chi connectivity index (χ4n) is 3.36. The molecule has 0 unspecified atom stereocenters. The molecule has 3 amide bonds. The van der Waals surface area contributed by atoms with Gasteiger partial charge in [0.15, 0.2) is 5.16 Å². The van der Waals surface area contributed by atoms with Crippen molar-refractivity contribution in [2.75, 3.05) is 5.75 Å². The number of aryl methyl sites for hydroxylation is 2. The van der Waals surface area contributed by atoms with Crippen LogP contribution in [0.2, 0.25) is 0 Å². The number of nitrogens with zero attached hydrogens (tertiary/aromatic N) is 2. The highest BCUT2D eigenvalue weighted by Gasteiger charge is 2.25. The average molecular weight is 419 g/mol. The molecule has 148 valence electrons. The molecule has 9 heteroatoms. The number of carbonyl (C=O) groups excluding carboxylic acids is 2. The highest BCUT2D eigenvalue weighted by molar-refractivity contribution is 7.99. The van der Waals surface area contributed by atoms with E-state index in [2.05, 4.69) is 22.2 Å². The van der Waals surface area contributed by atoms with E-state index in [1.54, 1.807) is 22.0 Å². The molecule has 0 aliphatic heterocycles. The van der Waals surface area contributed by atoms with E-state index in [-0.39, 0.29) is 17.4 Å². The van der Waals surface area contributed by atoms with Gasteiger partial charge < -0.3 is 5.32 Å². The SMILES string of the molecule is C=CCn1c(SCC(=O)NC(=O)NC2CC2)nc2sc3c(c2c1=O)CCCC3. The molecule has 2 aromatic rings. The second-order valence-electron chi connectivity index (χ2n) is 7.07. The summed E-state index contributed by atoms with van der Waals surface area (Å²) in [6, 6.07) is -0.280. The van der Waals surface area contributed by atoms with E-state index in [1.807, 2.05) is 0 Å². The molecule has 0 atom stereocenters. The smallest absolute Gasteiger partial charge is 0.321 e. The van der Waals surface area contributed by atoms with Gasteiger partial charge in [0.1, 0.15) is 4.83 Å². The molecule has 2 aliphatic carbocycles. The van der Waals surface area contributed by atoms with Crippen molar-refractivity contribution in [3.8, 4) is 0 Å². The van der Waals surface area contributed by atoms with Gasteiger partial charge >= 0.3 is 6.03 Å². The monoisotopic (exact) mass is 418 g/mol. The van der Waals surface area contributed by atoms with Crippen molar-refractivity contribution in [2.45, 2.75) is 56.3 Å². The van der Waals surface area contributed by atoms with E-state index in [9.17, 15) is 14.4 Å². The molecular formula is C19H22N4O3S2. The van der Waals surface area contributed by atoms with Crippen LogP contribution in [-0.4, -0.2) is 33.3 Å². The molecular weight excluding hydrogens is 396 g/mol. The number of imide groups is 1. The molecule has 0 bridgehead atoms. The number of hydrogen-bond donors (Lipinski definition) is 2. The number of thioether (sulfide) groups is 1. The quantitative estimate of drug-likeness (QED) is 0.427. The summed E-state index contributed by atoms with van der Waals surface area (Å²) in [5, 5.41) is 6.24. The van der Waals surface area contributed by atoms with Crippen LogP contribution in [-0.2, 0) is 24.2 Å². The van der Waals surface area contributed by atoms with E-state index >= 15 is 0 Å². The van der Waals surface area contributed by atoms with Crippen molar-refractivity contribution < 1.29 is 9.59 Å².